The van der Waals surface area contributed by atoms with Crippen molar-refractivity contribution in [1.29, 1.82) is 0 Å². The third kappa shape index (κ3) is 2.29. The largest absolute Gasteiger partial charge is 0.214 e. The van der Waals surface area contributed by atoms with Crippen LogP contribution in [-0.2, 0) is 0 Å². The molecule has 0 aliphatic heterocycles. The van der Waals surface area contributed by atoms with Crippen molar-refractivity contribution in [2.45, 2.75) is 38.4 Å². The SMILES string of the molecule is C=S(=C)(C)C1CCC(C)C(C)C1. The lowest BCUT2D eigenvalue weighted by Crippen LogP contribution is -2.24. The van der Waals surface area contributed by atoms with E-state index in [2.05, 4.69) is 31.8 Å². The molecular formula is C11H22S. The third-order valence-electron chi connectivity index (χ3n) is 3.35. The molecular weight excluding hydrogens is 164 g/mol. The maximum Gasteiger partial charge on any atom is -0.00542 e. The van der Waals surface area contributed by atoms with Crippen molar-refractivity contribution >= 4 is 20.9 Å². The van der Waals surface area contributed by atoms with Crippen LogP contribution in [0.5, 0.6) is 0 Å². The molecule has 1 aliphatic rings. The molecule has 1 aliphatic carbocycles. The van der Waals surface area contributed by atoms with Crippen LogP contribution >= 0.6 is 9.21 Å². The standard InChI is InChI=1S/C11H22S/c1-9-6-7-11(8-10(9)2)12(3,4)5/h9-11H,3-4,6-8H2,1-2,5H3. The molecule has 0 N–H and O–H groups in total. The molecule has 3 atom stereocenters. The number of rotatable bonds is 1. The Bertz CT molecular complexity index is 236. The second-order valence-corrected chi connectivity index (χ2v) is 8.11. The minimum atomic E-state index is -0.782. The van der Waals surface area contributed by atoms with E-state index in [9.17, 15) is 0 Å². The Kier molecular flexibility index (Phi) is 2.92. The molecule has 0 heterocycles. The first-order chi connectivity index (χ1) is 5.41. The Hall–Kier alpha value is 0.0900. The van der Waals surface area contributed by atoms with E-state index in [1.54, 1.807) is 0 Å². The lowest BCUT2D eigenvalue weighted by atomic mass is 9.81. The van der Waals surface area contributed by atoms with E-state index in [1.165, 1.54) is 19.3 Å². The molecule has 72 valence electrons. The molecule has 0 aromatic carbocycles. The highest BCUT2D eigenvalue weighted by molar-refractivity contribution is 8.27. The first-order valence-corrected chi connectivity index (χ1v) is 7.28. The van der Waals surface area contributed by atoms with Crippen LogP contribution in [0.15, 0.2) is 0 Å². The summed E-state index contributed by atoms with van der Waals surface area (Å²) in [5.74, 6) is 10.3. The molecule has 1 saturated carbocycles. The van der Waals surface area contributed by atoms with Gasteiger partial charge in [0.2, 0.25) is 0 Å². The van der Waals surface area contributed by atoms with Crippen molar-refractivity contribution in [2.24, 2.45) is 11.8 Å². The minimum Gasteiger partial charge on any atom is -0.214 e. The van der Waals surface area contributed by atoms with E-state index in [1.807, 2.05) is 0 Å². The van der Waals surface area contributed by atoms with Gasteiger partial charge in [-0.25, -0.2) is 9.21 Å². The van der Waals surface area contributed by atoms with Crippen LogP contribution in [0.1, 0.15) is 33.1 Å². The van der Waals surface area contributed by atoms with Gasteiger partial charge in [0.25, 0.3) is 0 Å². The maximum atomic E-state index is 4.23. The fourth-order valence-electron chi connectivity index (χ4n) is 2.01. The highest BCUT2D eigenvalue weighted by Crippen LogP contribution is 2.39. The van der Waals surface area contributed by atoms with Crippen molar-refractivity contribution < 1.29 is 0 Å². The van der Waals surface area contributed by atoms with Gasteiger partial charge in [-0.15, -0.1) is 0 Å². The Morgan fingerprint density at radius 2 is 1.67 bits per heavy atom. The fraction of sp³-hybridized carbons (Fsp3) is 0.818. The van der Waals surface area contributed by atoms with Crippen molar-refractivity contribution in [3.8, 4) is 0 Å². The van der Waals surface area contributed by atoms with Gasteiger partial charge in [-0.3, -0.25) is 0 Å². The Morgan fingerprint density at radius 1 is 1.08 bits per heavy atom. The van der Waals surface area contributed by atoms with Crippen molar-refractivity contribution in [2.75, 3.05) is 6.26 Å². The summed E-state index contributed by atoms with van der Waals surface area (Å²) >= 11 is 0. The van der Waals surface area contributed by atoms with Crippen molar-refractivity contribution in [3.05, 3.63) is 0 Å². The quantitative estimate of drug-likeness (QED) is 0.552. The van der Waals surface area contributed by atoms with Crippen LogP contribution < -0.4 is 0 Å². The van der Waals surface area contributed by atoms with E-state index in [-0.39, 0.29) is 0 Å². The van der Waals surface area contributed by atoms with E-state index in [4.69, 9.17) is 0 Å². The van der Waals surface area contributed by atoms with Crippen LogP contribution in [-0.4, -0.2) is 23.2 Å². The highest BCUT2D eigenvalue weighted by atomic mass is 32.2. The molecule has 0 nitrogen and oxygen atoms in total. The smallest absolute Gasteiger partial charge is 0.00542 e. The first kappa shape index (κ1) is 10.2. The monoisotopic (exact) mass is 186 g/mol. The molecule has 1 fully saturated rings. The summed E-state index contributed by atoms with van der Waals surface area (Å²) in [7, 11) is -0.782. The molecule has 0 amide bonds. The zero-order valence-electron chi connectivity index (χ0n) is 8.68. The van der Waals surface area contributed by atoms with Gasteiger partial charge in [0.1, 0.15) is 0 Å². The van der Waals surface area contributed by atoms with Crippen LogP contribution in [0.3, 0.4) is 0 Å². The normalized spacial score (nSPS) is 38.1. The van der Waals surface area contributed by atoms with Gasteiger partial charge in [-0.2, -0.15) is 0 Å². The van der Waals surface area contributed by atoms with Crippen LogP contribution in [0, 0.1) is 11.8 Å². The molecule has 3 unspecified atom stereocenters. The molecule has 1 heteroatoms. The summed E-state index contributed by atoms with van der Waals surface area (Å²) in [5.41, 5.74) is 0. The molecule has 0 saturated heterocycles. The number of hydrogen-bond acceptors (Lipinski definition) is 0. The lowest BCUT2D eigenvalue weighted by Gasteiger charge is -2.35. The average Bonchev–Trinajstić information content (AvgIpc) is 1.92. The molecule has 0 aromatic rings. The molecule has 0 bridgehead atoms. The van der Waals surface area contributed by atoms with E-state index in [0.29, 0.717) is 0 Å². The van der Waals surface area contributed by atoms with Gasteiger partial charge in [0.05, 0.1) is 0 Å². The van der Waals surface area contributed by atoms with Gasteiger partial charge in [-0.1, -0.05) is 25.6 Å². The van der Waals surface area contributed by atoms with Gasteiger partial charge in [0.15, 0.2) is 0 Å². The van der Waals surface area contributed by atoms with Gasteiger partial charge >= 0.3 is 0 Å². The summed E-state index contributed by atoms with van der Waals surface area (Å²) in [6.07, 6.45) is 6.37. The summed E-state index contributed by atoms with van der Waals surface area (Å²) < 4.78 is 0. The topological polar surface area (TPSA) is 0 Å². The summed E-state index contributed by atoms with van der Waals surface area (Å²) in [4.78, 5) is 0. The van der Waals surface area contributed by atoms with Crippen molar-refractivity contribution in [3.63, 3.8) is 0 Å². The number of hydrogen-bond donors (Lipinski definition) is 0. The molecule has 0 radical (unpaired) electrons. The highest BCUT2D eigenvalue weighted by Gasteiger charge is 2.25. The third-order valence-corrected chi connectivity index (χ3v) is 5.39. The fourth-order valence-corrected chi connectivity index (χ4v) is 3.49. The lowest BCUT2D eigenvalue weighted by molar-refractivity contribution is 0.283. The Balaban J connectivity index is 2.64. The van der Waals surface area contributed by atoms with Gasteiger partial charge in [0, 0.05) is 0 Å². The van der Waals surface area contributed by atoms with Gasteiger partial charge < -0.3 is 0 Å². The zero-order chi connectivity index (χ0) is 9.35. The molecule has 0 aromatic heterocycles. The summed E-state index contributed by atoms with van der Waals surface area (Å²) in [5, 5.41) is 0.823. The van der Waals surface area contributed by atoms with E-state index >= 15 is 0 Å². The molecule has 1 rings (SSSR count). The van der Waals surface area contributed by atoms with Crippen molar-refractivity contribution in [1.82, 2.24) is 0 Å². The predicted molar refractivity (Wildman–Crippen MR) is 63.7 cm³/mol. The van der Waals surface area contributed by atoms with E-state index in [0.717, 1.165) is 17.1 Å². The van der Waals surface area contributed by atoms with Crippen LogP contribution in [0.25, 0.3) is 0 Å². The molecule has 12 heavy (non-hydrogen) atoms. The average molecular weight is 186 g/mol. The summed E-state index contributed by atoms with van der Waals surface area (Å²) in [6, 6.07) is 0. The Morgan fingerprint density at radius 3 is 2.08 bits per heavy atom. The second-order valence-electron chi connectivity index (χ2n) is 4.74. The second kappa shape index (κ2) is 3.45. The predicted octanol–water partition coefficient (Wildman–Crippen LogP) is 3.11. The summed E-state index contributed by atoms with van der Waals surface area (Å²) in [6.45, 7) is 4.75. The molecule has 0 spiro atoms. The maximum absolute atomic E-state index is 4.23. The first-order valence-electron chi connectivity index (χ1n) is 4.84. The zero-order valence-corrected chi connectivity index (χ0v) is 9.49. The van der Waals surface area contributed by atoms with Gasteiger partial charge in [-0.05, 0) is 42.6 Å². The van der Waals surface area contributed by atoms with E-state index < -0.39 is 9.21 Å². The van der Waals surface area contributed by atoms with Crippen LogP contribution in [0.2, 0.25) is 0 Å². The van der Waals surface area contributed by atoms with Crippen LogP contribution in [0.4, 0.5) is 0 Å². The Labute approximate surface area is 77.8 Å². The minimum absolute atomic E-state index is 0.782.